The molecule has 0 saturated heterocycles. The topological polar surface area (TPSA) is 81.7 Å². The Morgan fingerprint density at radius 1 is 1.08 bits per heavy atom. The number of aromatic hydroxyl groups is 1. The zero-order chi connectivity index (χ0) is 17.9. The van der Waals surface area contributed by atoms with Crippen molar-refractivity contribution in [1.29, 1.82) is 0 Å². The van der Waals surface area contributed by atoms with Crippen LogP contribution >= 0.6 is 11.6 Å². The second-order valence-electron chi connectivity index (χ2n) is 5.13. The van der Waals surface area contributed by atoms with Crippen molar-refractivity contribution in [3.8, 4) is 5.75 Å². The Hall–Kier alpha value is -2.80. The molecule has 2 rings (SSSR count). The van der Waals surface area contributed by atoms with Crippen LogP contribution in [0.15, 0.2) is 36.4 Å². The Bertz CT molecular complexity index is 796. The number of hydrazine groups is 1. The number of halogens is 2. The summed E-state index contributed by atoms with van der Waals surface area (Å²) in [5.41, 5.74) is 4.55. The van der Waals surface area contributed by atoms with Gasteiger partial charge in [-0.1, -0.05) is 11.6 Å². The van der Waals surface area contributed by atoms with E-state index < -0.39 is 17.6 Å². The fourth-order valence-corrected chi connectivity index (χ4v) is 2.13. The van der Waals surface area contributed by atoms with Gasteiger partial charge in [0.25, 0.3) is 11.8 Å². The number of nitrogens with zero attached hydrogens (tertiary/aromatic N) is 1. The Balaban J connectivity index is 2.06. The molecule has 0 unspecified atom stereocenters. The minimum Gasteiger partial charge on any atom is -0.507 e. The van der Waals surface area contributed by atoms with Crippen molar-refractivity contribution in [3.05, 3.63) is 58.4 Å². The molecular formula is C16H15ClFN3O3. The highest BCUT2D eigenvalue weighted by molar-refractivity contribution is 6.31. The summed E-state index contributed by atoms with van der Waals surface area (Å²) in [6.45, 7) is 0. The van der Waals surface area contributed by atoms with Crippen LogP contribution in [0, 0.1) is 5.82 Å². The van der Waals surface area contributed by atoms with Gasteiger partial charge in [-0.25, -0.2) is 4.39 Å². The number of hydrogen-bond donors (Lipinski definition) is 3. The van der Waals surface area contributed by atoms with Gasteiger partial charge in [0.15, 0.2) is 0 Å². The van der Waals surface area contributed by atoms with E-state index in [0.29, 0.717) is 5.69 Å². The van der Waals surface area contributed by atoms with Crippen LogP contribution < -0.4 is 15.8 Å². The summed E-state index contributed by atoms with van der Waals surface area (Å²) in [6, 6.07) is 7.87. The van der Waals surface area contributed by atoms with Crippen molar-refractivity contribution in [2.24, 2.45) is 0 Å². The van der Waals surface area contributed by atoms with Gasteiger partial charge in [0.1, 0.15) is 11.6 Å². The Morgan fingerprint density at radius 2 is 1.75 bits per heavy atom. The van der Waals surface area contributed by atoms with Gasteiger partial charge in [-0.2, -0.15) is 0 Å². The molecule has 6 nitrogen and oxygen atoms in total. The summed E-state index contributed by atoms with van der Waals surface area (Å²) >= 11 is 5.75. The molecule has 0 aliphatic heterocycles. The highest BCUT2D eigenvalue weighted by atomic mass is 35.5. The van der Waals surface area contributed by atoms with Crippen molar-refractivity contribution in [3.63, 3.8) is 0 Å². The van der Waals surface area contributed by atoms with E-state index in [1.54, 1.807) is 19.0 Å². The fraction of sp³-hybridized carbons (Fsp3) is 0.125. The van der Waals surface area contributed by atoms with E-state index in [1.807, 2.05) is 0 Å². The highest BCUT2D eigenvalue weighted by Crippen LogP contribution is 2.21. The molecule has 0 heterocycles. The van der Waals surface area contributed by atoms with Gasteiger partial charge in [-0.15, -0.1) is 0 Å². The number of anilines is 1. The quantitative estimate of drug-likeness (QED) is 0.741. The van der Waals surface area contributed by atoms with Crippen LogP contribution in [0.4, 0.5) is 10.1 Å². The predicted octanol–water partition coefficient (Wildman–Crippen LogP) is 2.33. The summed E-state index contributed by atoms with van der Waals surface area (Å²) in [5, 5.41) is 9.88. The van der Waals surface area contributed by atoms with Crippen LogP contribution in [-0.2, 0) is 0 Å². The van der Waals surface area contributed by atoms with E-state index in [2.05, 4.69) is 10.9 Å². The molecule has 0 fully saturated rings. The van der Waals surface area contributed by atoms with E-state index in [1.165, 1.54) is 30.3 Å². The molecular weight excluding hydrogens is 337 g/mol. The van der Waals surface area contributed by atoms with Gasteiger partial charge in [0.2, 0.25) is 0 Å². The number of carbonyl (C=O) groups is 2. The number of rotatable bonds is 3. The lowest BCUT2D eigenvalue weighted by Crippen LogP contribution is -2.41. The van der Waals surface area contributed by atoms with Crippen LogP contribution in [0.5, 0.6) is 5.75 Å². The maximum Gasteiger partial charge on any atom is 0.273 e. The van der Waals surface area contributed by atoms with Crippen molar-refractivity contribution < 1.29 is 19.1 Å². The van der Waals surface area contributed by atoms with Gasteiger partial charge in [-0.3, -0.25) is 20.4 Å². The van der Waals surface area contributed by atoms with E-state index in [9.17, 15) is 19.1 Å². The molecule has 0 bridgehead atoms. The number of nitrogens with one attached hydrogen (secondary N) is 2. The van der Waals surface area contributed by atoms with E-state index in [0.717, 1.165) is 6.07 Å². The van der Waals surface area contributed by atoms with E-state index >= 15 is 0 Å². The molecule has 3 N–H and O–H groups in total. The Kier molecular flexibility index (Phi) is 5.25. The third-order valence-corrected chi connectivity index (χ3v) is 3.42. The third-order valence-electron chi connectivity index (χ3n) is 3.18. The van der Waals surface area contributed by atoms with Crippen molar-refractivity contribution in [2.45, 2.75) is 0 Å². The molecule has 2 aromatic rings. The molecule has 0 aliphatic rings. The monoisotopic (exact) mass is 351 g/mol. The summed E-state index contributed by atoms with van der Waals surface area (Å²) < 4.78 is 13.9. The summed E-state index contributed by atoms with van der Waals surface area (Å²) in [4.78, 5) is 25.5. The van der Waals surface area contributed by atoms with Crippen molar-refractivity contribution >= 4 is 29.1 Å². The molecule has 2 aromatic carbocycles. The normalized spacial score (nSPS) is 10.2. The standard InChI is InChI=1S/C16H15ClFN3O3/c1-21(2)13-5-3-9(7-12(13)18)15(23)19-20-16(24)11-8-10(17)4-6-14(11)22/h3-8,22H,1-2H3,(H,19,23)(H,20,24). The van der Waals surface area contributed by atoms with Crippen LogP contribution in [0.25, 0.3) is 0 Å². The number of phenols is 1. The first kappa shape index (κ1) is 17.6. The summed E-state index contributed by atoms with van der Waals surface area (Å²) in [7, 11) is 3.35. The number of benzene rings is 2. The molecule has 24 heavy (non-hydrogen) atoms. The molecule has 0 atom stereocenters. The molecule has 0 spiro atoms. The predicted molar refractivity (Wildman–Crippen MR) is 88.8 cm³/mol. The lowest BCUT2D eigenvalue weighted by atomic mass is 10.2. The first-order valence-electron chi connectivity index (χ1n) is 6.85. The maximum absolute atomic E-state index is 13.9. The Morgan fingerprint density at radius 3 is 2.38 bits per heavy atom. The molecule has 0 aromatic heterocycles. The number of hydrogen-bond acceptors (Lipinski definition) is 4. The summed E-state index contributed by atoms with van der Waals surface area (Å²) in [5.74, 6) is -2.30. The largest absolute Gasteiger partial charge is 0.507 e. The minimum atomic E-state index is -0.756. The molecule has 0 saturated carbocycles. The van der Waals surface area contributed by atoms with Gasteiger partial charge in [0, 0.05) is 24.7 Å². The average Bonchev–Trinajstić information content (AvgIpc) is 2.54. The smallest absolute Gasteiger partial charge is 0.273 e. The first-order chi connectivity index (χ1) is 11.3. The molecule has 0 aliphatic carbocycles. The van der Waals surface area contributed by atoms with Crippen LogP contribution in [0.1, 0.15) is 20.7 Å². The second kappa shape index (κ2) is 7.18. The van der Waals surface area contributed by atoms with Crippen LogP contribution in [0.3, 0.4) is 0 Å². The first-order valence-corrected chi connectivity index (χ1v) is 7.23. The van der Waals surface area contributed by atoms with Crippen molar-refractivity contribution in [1.82, 2.24) is 10.9 Å². The third kappa shape index (κ3) is 3.94. The number of amides is 2. The fourth-order valence-electron chi connectivity index (χ4n) is 1.95. The molecule has 2 amide bonds. The van der Waals surface area contributed by atoms with Gasteiger partial charge >= 0.3 is 0 Å². The average molecular weight is 352 g/mol. The van der Waals surface area contributed by atoms with Gasteiger partial charge in [-0.05, 0) is 36.4 Å². The molecule has 0 radical (unpaired) electrons. The lowest BCUT2D eigenvalue weighted by Gasteiger charge is -2.14. The summed E-state index contributed by atoms with van der Waals surface area (Å²) in [6.07, 6.45) is 0. The van der Waals surface area contributed by atoms with Gasteiger partial charge < -0.3 is 10.0 Å². The SMILES string of the molecule is CN(C)c1ccc(C(=O)NNC(=O)c2cc(Cl)ccc2O)cc1F. The minimum absolute atomic E-state index is 0.0358. The molecule has 126 valence electrons. The van der Waals surface area contributed by atoms with Crippen LogP contribution in [-0.4, -0.2) is 31.0 Å². The van der Waals surface area contributed by atoms with E-state index in [-0.39, 0.29) is 21.9 Å². The zero-order valence-electron chi connectivity index (χ0n) is 12.9. The van der Waals surface area contributed by atoms with E-state index in [4.69, 9.17) is 11.6 Å². The highest BCUT2D eigenvalue weighted by Gasteiger charge is 2.14. The number of carbonyl (C=O) groups excluding carboxylic acids is 2. The molecule has 8 heteroatoms. The second-order valence-corrected chi connectivity index (χ2v) is 5.57. The zero-order valence-corrected chi connectivity index (χ0v) is 13.7. The van der Waals surface area contributed by atoms with Crippen molar-refractivity contribution in [2.75, 3.05) is 19.0 Å². The maximum atomic E-state index is 13.9. The lowest BCUT2D eigenvalue weighted by molar-refractivity contribution is 0.0845. The number of phenolic OH excluding ortho intramolecular Hbond substituents is 1. The van der Waals surface area contributed by atoms with Gasteiger partial charge in [0.05, 0.1) is 11.3 Å². The van der Waals surface area contributed by atoms with Crippen LogP contribution in [0.2, 0.25) is 5.02 Å². The Labute approximate surface area is 142 Å².